The van der Waals surface area contributed by atoms with Gasteiger partial charge < -0.3 is 30.3 Å². The zero-order valence-electron chi connectivity index (χ0n) is 21.5. The fourth-order valence-corrected chi connectivity index (χ4v) is 5.52. The van der Waals surface area contributed by atoms with Gasteiger partial charge in [0.25, 0.3) is 11.1 Å². The van der Waals surface area contributed by atoms with Crippen LogP contribution in [0.1, 0.15) is 36.4 Å². The van der Waals surface area contributed by atoms with E-state index in [0.29, 0.717) is 37.9 Å². The zero-order chi connectivity index (χ0) is 28.9. The van der Waals surface area contributed by atoms with Gasteiger partial charge >= 0.3 is 11.4 Å². The molecule has 0 spiro atoms. The van der Waals surface area contributed by atoms with Gasteiger partial charge in [-0.3, -0.25) is 28.7 Å². The molecule has 214 valence electrons. The maximum atomic E-state index is 12.3. The Kier molecular flexibility index (Phi) is 7.73. The van der Waals surface area contributed by atoms with Crippen LogP contribution in [-0.4, -0.2) is 66.8 Å². The molecule has 6 atom stereocenters. The predicted molar refractivity (Wildman–Crippen MR) is 149 cm³/mol. The van der Waals surface area contributed by atoms with Crippen molar-refractivity contribution < 1.29 is 19.7 Å². The Morgan fingerprint density at radius 1 is 0.900 bits per heavy atom. The van der Waals surface area contributed by atoms with Gasteiger partial charge in [-0.1, -0.05) is 24.4 Å². The van der Waals surface area contributed by atoms with E-state index in [4.69, 9.17) is 33.9 Å². The standard InChI is InChI=1S/C24H28N6O8S2/c1-9-6-29(23(35)27-21(9)33)15-3-11(14(8-31)38-15)26-18-17(19(39)20(18)40)25-5-13-12(32)4-16(37-13)30-7-10(2)22(34)28-24(30)36/h6-7,11-16,25-26,31-32H,3-5,8H2,1-2H3,(H,27,33,35)(H,28,34,36)/t11-,12-,13-,14+,15+,16+/m0/s1. The molecule has 3 aromatic rings. The van der Waals surface area contributed by atoms with Crippen LogP contribution >= 0.6 is 24.4 Å². The lowest BCUT2D eigenvalue weighted by Gasteiger charge is -2.25. The number of H-pyrrole nitrogens is 2. The van der Waals surface area contributed by atoms with Crippen molar-refractivity contribution in [2.75, 3.05) is 23.8 Å². The van der Waals surface area contributed by atoms with E-state index in [0.717, 1.165) is 0 Å². The lowest BCUT2D eigenvalue weighted by atomic mass is 10.1. The van der Waals surface area contributed by atoms with Gasteiger partial charge in [0.1, 0.15) is 24.7 Å². The Balaban J connectivity index is 1.27. The highest BCUT2D eigenvalue weighted by Crippen LogP contribution is 2.38. The molecule has 0 saturated carbocycles. The lowest BCUT2D eigenvalue weighted by Crippen LogP contribution is -2.34. The van der Waals surface area contributed by atoms with Crippen molar-refractivity contribution in [3.8, 4) is 0 Å². The van der Waals surface area contributed by atoms with Crippen LogP contribution in [0, 0.1) is 22.9 Å². The number of hydrogen-bond acceptors (Lipinski definition) is 12. The first-order chi connectivity index (χ1) is 19.0. The third kappa shape index (κ3) is 5.13. The van der Waals surface area contributed by atoms with Crippen LogP contribution in [0.4, 0.5) is 11.4 Å². The number of aromatic nitrogens is 4. The van der Waals surface area contributed by atoms with Crippen LogP contribution in [0.3, 0.4) is 0 Å². The van der Waals surface area contributed by atoms with Gasteiger partial charge in [0.2, 0.25) is 0 Å². The van der Waals surface area contributed by atoms with E-state index in [-0.39, 0.29) is 19.6 Å². The van der Waals surface area contributed by atoms with E-state index < -0.39 is 59.3 Å². The molecule has 4 heterocycles. The van der Waals surface area contributed by atoms with Gasteiger partial charge in [-0.15, -0.1) is 0 Å². The molecule has 2 fully saturated rings. The normalized spacial score (nSPS) is 26.4. The molecule has 2 aliphatic rings. The van der Waals surface area contributed by atoms with Crippen molar-refractivity contribution in [1.82, 2.24) is 19.1 Å². The quantitative estimate of drug-likeness (QED) is 0.190. The van der Waals surface area contributed by atoms with Gasteiger partial charge in [0.15, 0.2) is 0 Å². The van der Waals surface area contributed by atoms with E-state index in [9.17, 15) is 29.4 Å². The van der Waals surface area contributed by atoms with Crippen LogP contribution in [-0.2, 0) is 9.47 Å². The SMILES string of the molecule is Cc1cn([C@H]2C[C@H](O)[C@H](CNc3c(N[C@H]4C[C@H](n5cc(C)c(=O)[nH]c5=O)O[C@@H]4CO)c(=S)c3=S)O2)c(=O)[nH]c1=O. The number of aromatic amines is 2. The number of anilines is 2. The van der Waals surface area contributed by atoms with E-state index >= 15 is 0 Å². The topological polar surface area (TPSA) is 193 Å². The first kappa shape index (κ1) is 28.3. The number of rotatable bonds is 8. The molecular formula is C24H28N6O8S2. The second kappa shape index (κ2) is 10.9. The second-order valence-electron chi connectivity index (χ2n) is 9.98. The molecule has 2 aliphatic heterocycles. The van der Waals surface area contributed by atoms with E-state index in [1.54, 1.807) is 13.8 Å². The minimum atomic E-state index is -0.893. The summed E-state index contributed by atoms with van der Waals surface area (Å²) in [7, 11) is 0. The molecule has 5 rings (SSSR count). The maximum Gasteiger partial charge on any atom is 0.330 e. The molecule has 16 heteroatoms. The number of nitrogens with one attached hydrogen (secondary N) is 4. The first-order valence-corrected chi connectivity index (χ1v) is 13.4. The summed E-state index contributed by atoms with van der Waals surface area (Å²) in [5.41, 5.74) is -0.452. The van der Waals surface area contributed by atoms with Crippen LogP contribution in [0.5, 0.6) is 0 Å². The van der Waals surface area contributed by atoms with Crippen molar-refractivity contribution in [3.63, 3.8) is 0 Å². The molecular weight excluding hydrogens is 564 g/mol. The number of ether oxygens (including phenoxy) is 2. The highest BCUT2D eigenvalue weighted by Gasteiger charge is 2.38. The fraction of sp³-hybridized carbons (Fsp3) is 0.500. The highest BCUT2D eigenvalue weighted by atomic mass is 32.1. The Bertz CT molecular complexity index is 1750. The zero-order valence-corrected chi connectivity index (χ0v) is 23.1. The Morgan fingerprint density at radius 2 is 1.43 bits per heavy atom. The van der Waals surface area contributed by atoms with Crippen LogP contribution in [0.15, 0.2) is 31.6 Å². The molecule has 1 aromatic carbocycles. The molecule has 40 heavy (non-hydrogen) atoms. The summed E-state index contributed by atoms with van der Waals surface area (Å²) in [5.74, 6) is 0. The van der Waals surface area contributed by atoms with Crippen molar-refractivity contribution in [2.24, 2.45) is 0 Å². The summed E-state index contributed by atoms with van der Waals surface area (Å²) in [4.78, 5) is 52.5. The molecule has 0 amide bonds. The Labute approximate surface area is 235 Å². The monoisotopic (exact) mass is 592 g/mol. The molecule has 0 bridgehead atoms. The summed E-state index contributed by atoms with van der Waals surface area (Å²) >= 11 is 10.8. The van der Waals surface area contributed by atoms with Crippen LogP contribution in [0.25, 0.3) is 0 Å². The van der Waals surface area contributed by atoms with Crippen LogP contribution in [0.2, 0.25) is 0 Å². The van der Waals surface area contributed by atoms with Crippen molar-refractivity contribution >= 4 is 35.8 Å². The third-order valence-corrected chi connectivity index (χ3v) is 8.20. The summed E-state index contributed by atoms with van der Waals surface area (Å²) < 4.78 is 15.2. The van der Waals surface area contributed by atoms with Crippen molar-refractivity contribution in [1.29, 1.82) is 0 Å². The second-order valence-corrected chi connectivity index (χ2v) is 10.8. The molecule has 0 unspecified atom stereocenters. The largest absolute Gasteiger partial charge is 0.394 e. The number of nitrogens with zero attached hydrogens (tertiary/aromatic N) is 2. The fourth-order valence-electron chi connectivity index (χ4n) is 4.98. The van der Waals surface area contributed by atoms with Crippen molar-refractivity contribution in [2.45, 2.75) is 63.5 Å². The van der Waals surface area contributed by atoms with Crippen LogP contribution < -0.4 is 33.1 Å². The Morgan fingerprint density at radius 3 is 2.00 bits per heavy atom. The smallest absolute Gasteiger partial charge is 0.330 e. The number of aliphatic hydroxyl groups is 2. The first-order valence-electron chi connectivity index (χ1n) is 12.6. The third-order valence-electron chi connectivity index (χ3n) is 7.25. The molecule has 0 aliphatic carbocycles. The molecule has 2 saturated heterocycles. The lowest BCUT2D eigenvalue weighted by molar-refractivity contribution is -0.0262. The maximum absolute atomic E-state index is 12.3. The molecule has 14 nitrogen and oxygen atoms in total. The Hall–Kier alpha value is -3.28. The summed E-state index contributed by atoms with van der Waals surface area (Å²) in [6, 6.07) is -0.435. The average molecular weight is 593 g/mol. The summed E-state index contributed by atoms with van der Waals surface area (Å²) in [6.45, 7) is 2.97. The van der Waals surface area contributed by atoms with Gasteiger partial charge in [-0.2, -0.15) is 0 Å². The summed E-state index contributed by atoms with van der Waals surface area (Å²) in [6.07, 6.45) is -0.482. The van der Waals surface area contributed by atoms with Crippen molar-refractivity contribution in [3.05, 3.63) is 74.2 Å². The minimum Gasteiger partial charge on any atom is -0.394 e. The number of aliphatic hydroxyl groups excluding tert-OH is 2. The predicted octanol–water partition coefficient (Wildman–Crippen LogP) is -0.141. The van der Waals surface area contributed by atoms with E-state index in [1.165, 1.54) is 21.5 Å². The van der Waals surface area contributed by atoms with E-state index in [1.807, 2.05) is 0 Å². The van der Waals surface area contributed by atoms with E-state index in [2.05, 4.69) is 20.6 Å². The van der Waals surface area contributed by atoms with Gasteiger partial charge in [0.05, 0.1) is 39.1 Å². The number of aryl methyl sites for hydroxylation is 2. The van der Waals surface area contributed by atoms with Gasteiger partial charge in [-0.25, -0.2) is 9.59 Å². The van der Waals surface area contributed by atoms with Gasteiger partial charge in [-0.05, 0) is 13.8 Å². The highest BCUT2D eigenvalue weighted by molar-refractivity contribution is 7.74. The average Bonchev–Trinajstić information content (AvgIpc) is 3.50. The van der Waals surface area contributed by atoms with Gasteiger partial charge in [0, 0.05) is 42.9 Å². The summed E-state index contributed by atoms with van der Waals surface area (Å²) in [5, 5.41) is 26.9. The minimum absolute atomic E-state index is 0.146. The molecule has 2 aromatic heterocycles. The molecule has 6 N–H and O–H groups in total. The molecule has 0 radical (unpaired) electrons. The number of hydrogen-bond donors (Lipinski definition) is 6.